The first-order valence-corrected chi connectivity index (χ1v) is 7.35. The number of carbonyl (C=O) groups is 2. The fourth-order valence-electron chi connectivity index (χ4n) is 1.91. The molecule has 0 aliphatic rings. The average Bonchev–Trinajstić information content (AvgIpc) is 2.46. The summed E-state index contributed by atoms with van der Waals surface area (Å²) in [5, 5.41) is 2.69. The van der Waals surface area contributed by atoms with Crippen molar-refractivity contribution in [1.82, 2.24) is 9.97 Å². The number of anilines is 1. The molecule has 1 N–H and O–H groups in total. The zero-order valence-electron chi connectivity index (χ0n) is 12.4. The van der Waals surface area contributed by atoms with Gasteiger partial charge in [0, 0.05) is 11.9 Å². The number of pyridine rings is 2. The van der Waals surface area contributed by atoms with E-state index < -0.39 is 18.5 Å². The van der Waals surface area contributed by atoms with Gasteiger partial charge in [-0.2, -0.15) is 0 Å². The van der Waals surface area contributed by atoms with E-state index in [0.717, 1.165) is 0 Å². The van der Waals surface area contributed by atoms with Crippen molar-refractivity contribution < 1.29 is 14.3 Å². The monoisotopic (exact) mass is 353 g/mol. The number of halogens is 2. The molecule has 0 aliphatic heterocycles. The Labute approximate surface area is 142 Å². The number of rotatable bonds is 4. The maximum absolute atomic E-state index is 12.1. The molecule has 0 fully saturated rings. The quantitative estimate of drug-likeness (QED) is 0.674. The lowest BCUT2D eigenvalue weighted by atomic mass is 10.1. The maximum Gasteiger partial charge on any atom is 0.342 e. The summed E-state index contributed by atoms with van der Waals surface area (Å²) in [6.07, 6.45) is 1.49. The number of aromatic nitrogens is 2. The highest BCUT2D eigenvalue weighted by molar-refractivity contribution is 6.33. The van der Waals surface area contributed by atoms with Gasteiger partial charge in [0.05, 0.1) is 11.3 Å². The van der Waals surface area contributed by atoms with Crippen LogP contribution in [0.4, 0.5) is 5.69 Å². The maximum atomic E-state index is 12.1. The highest BCUT2D eigenvalue weighted by atomic mass is 35.5. The summed E-state index contributed by atoms with van der Waals surface area (Å²) in [6.45, 7) is 3.00. The Bertz CT molecular complexity index is 742. The van der Waals surface area contributed by atoms with E-state index in [2.05, 4.69) is 15.3 Å². The molecule has 0 spiro atoms. The van der Waals surface area contributed by atoms with Gasteiger partial charge in [0.2, 0.25) is 0 Å². The second-order valence-electron chi connectivity index (χ2n) is 4.71. The number of nitrogens with one attached hydrogen (secondary N) is 1. The van der Waals surface area contributed by atoms with E-state index in [-0.39, 0.29) is 15.9 Å². The van der Waals surface area contributed by atoms with Crippen LogP contribution in [-0.4, -0.2) is 28.5 Å². The molecule has 120 valence electrons. The number of nitrogens with zero attached hydrogens (tertiary/aromatic N) is 2. The molecule has 0 saturated carbocycles. The van der Waals surface area contributed by atoms with Crippen molar-refractivity contribution in [2.75, 3.05) is 11.9 Å². The molecule has 2 aromatic rings. The van der Waals surface area contributed by atoms with Crippen LogP contribution in [0.15, 0.2) is 24.4 Å². The molecule has 1 amide bonds. The molecule has 2 aromatic heterocycles. The minimum absolute atomic E-state index is 0.0446. The van der Waals surface area contributed by atoms with Gasteiger partial charge in [0.1, 0.15) is 5.15 Å². The summed E-state index contributed by atoms with van der Waals surface area (Å²) in [5.41, 5.74) is 1.79. The fourth-order valence-corrected chi connectivity index (χ4v) is 2.43. The first kappa shape index (κ1) is 17.2. The van der Waals surface area contributed by atoms with E-state index in [1.807, 2.05) is 0 Å². The molecular formula is C15H13Cl2N3O3. The Hall–Kier alpha value is -2.18. The van der Waals surface area contributed by atoms with E-state index in [9.17, 15) is 9.59 Å². The Morgan fingerprint density at radius 1 is 1.26 bits per heavy atom. The summed E-state index contributed by atoms with van der Waals surface area (Å²) in [7, 11) is 0. The van der Waals surface area contributed by atoms with Crippen LogP contribution in [-0.2, 0) is 9.53 Å². The number of ether oxygens (including phenoxy) is 1. The van der Waals surface area contributed by atoms with Gasteiger partial charge in [-0.15, -0.1) is 0 Å². The Balaban J connectivity index is 2.00. The van der Waals surface area contributed by atoms with Crippen molar-refractivity contribution in [2.45, 2.75) is 13.8 Å². The number of esters is 1. The standard InChI is InChI=1S/C15H13Cl2N3O3/c1-8-6-9(2)19-14(17)12(8)15(22)23-7-11(21)20-10-4-3-5-18-13(10)16/h3-6H,7H2,1-2H3,(H,20,21). The van der Waals surface area contributed by atoms with Crippen molar-refractivity contribution >= 4 is 40.8 Å². The van der Waals surface area contributed by atoms with E-state index in [4.69, 9.17) is 27.9 Å². The minimum Gasteiger partial charge on any atom is -0.452 e. The highest BCUT2D eigenvalue weighted by Crippen LogP contribution is 2.20. The largest absolute Gasteiger partial charge is 0.452 e. The normalized spacial score (nSPS) is 10.3. The lowest BCUT2D eigenvalue weighted by Gasteiger charge is -2.10. The Morgan fingerprint density at radius 3 is 2.65 bits per heavy atom. The van der Waals surface area contributed by atoms with Gasteiger partial charge in [0.15, 0.2) is 11.8 Å². The molecule has 0 unspecified atom stereocenters. The second-order valence-corrected chi connectivity index (χ2v) is 5.43. The number of carbonyl (C=O) groups excluding carboxylic acids is 2. The van der Waals surface area contributed by atoms with E-state index >= 15 is 0 Å². The molecule has 23 heavy (non-hydrogen) atoms. The lowest BCUT2D eigenvalue weighted by Crippen LogP contribution is -2.22. The minimum atomic E-state index is -0.715. The zero-order valence-corrected chi connectivity index (χ0v) is 13.9. The van der Waals surface area contributed by atoms with Crippen molar-refractivity contribution in [3.05, 3.63) is 51.5 Å². The fraction of sp³-hybridized carbons (Fsp3) is 0.200. The van der Waals surface area contributed by atoms with Crippen LogP contribution >= 0.6 is 23.2 Å². The second kappa shape index (κ2) is 7.39. The predicted octanol–water partition coefficient (Wildman–Crippen LogP) is 3.20. The third-order valence-corrected chi connectivity index (χ3v) is 3.45. The predicted molar refractivity (Wildman–Crippen MR) is 86.9 cm³/mol. The third kappa shape index (κ3) is 4.40. The molecule has 0 radical (unpaired) electrons. The van der Waals surface area contributed by atoms with E-state index in [1.54, 1.807) is 32.0 Å². The van der Waals surface area contributed by atoms with Crippen molar-refractivity contribution in [2.24, 2.45) is 0 Å². The van der Waals surface area contributed by atoms with Crippen molar-refractivity contribution in [1.29, 1.82) is 0 Å². The van der Waals surface area contributed by atoms with Crippen LogP contribution < -0.4 is 5.32 Å². The van der Waals surface area contributed by atoms with Crippen LogP contribution in [0.2, 0.25) is 10.3 Å². The summed E-state index contributed by atoms with van der Waals surface area (Å²) < 4.78 is 4.96. The van der Waals surface area contributed by atoms with Crippen LogP contribution in [0.25, 0.3) is 0 Å². The van der Waals surface area contributed by atoms with E-state index in [1.165, 1.54) is 6.20 Å². The third-order valence-electron chi connectivity index (χ3n) is 2.87. The summed E-state index contributed by atoms with van der Waals surface area (Å²) in [6, 6.07) is 4.91. The number of hydrogen-bond donors (Lipinski definition) is 1. The van der Waals surface area contributed by atoms with Gasteiger partial charge in [0.25, 0.3) is 5.91 Å². The van der Waals surface area contributed by atoms with E-state index in [0.29, 0.717) is 16.9 Å². The summed E-state index contributed by atoms with van der Waals surface area (Å²) in [5.74, 6) is -1.26. The molecule has 0 bridgehead atoms. The molecule has 2 rings (SSSR count). The SMILES string of the molecule is Cc1cc(C)c(C(=O)OCC(=O)Nc2cccnc2Cl)c(Cl)n1. The van der Waals surface area contributed by atoms with Crippen molar-refractivity contribution in [3.63, 3.8) is 0 Å². The smallest absolute Gasteiger partial charge is 0.342 e. The summed E-state index contributed by atoms with van der Waals surface area (Å²) in [4.78, 5) is 31.7. The van der Waals surface area contributed by atoms with Crippen LogP contribution in [0.3, 0.4) is 0 Å². The topological polar surface area (TPSA) is 81.2 Å². The van der Waals surface area contributed by atoms with Gasteiger partial charge < -0.3 is 10.1 Å². The number of aryl methyl sites for hydroxylation is 2. The van der Waals surface area contributed by atoms with Gasteiger partial charge in [-0.05, 0) is 37.6 Å². The van der Waals surface area contributed by atoms with Crippen LogP contribution in [0.5, 0.6) is 0 Å². The Morgan fingerprint density at radius 2 is 2.00 bits per heavy atom. The first-order chi connectivity index (χ1) is 10.9. The molecule has 8 heteroatoms. The molecule has 0 aliphatic carbocycles. The van der Waals surface area contributed by atoms with Gasteiger partial charge in [-0.25, -0.2) is 14.8 Å². The van der Waals surface area contributed by atoms with Gasteiger partial charge in [-0.1, -0.05) is 23.2 Å². The molecule has 6 nitrogen and oxygen atoms in total. The summed E-state index contributed by atoms with van der Waals surface area (Å²) >= 11 is 11.8. The van der Waals surface area contributed by atoms with Gasteiger partial charge >= 0.3 is 5.97 Å². The highest BCUT2D eigenvalue weighted by Gasteiger charge is 2.18. The molecular weight excluding hydrogens is 341 g/mol. The van der Waals surface area contributed by atoms with Crippen LogP contribution in [0, 0.1) is 13.8 Å². The lowest BCUT2D eigenvalue weighted by molar-refractivity contribution is -0.119. The number of hydrogen-bond acceptors (Lipinski definition) is 5. The van der Waals surface area contributed by atoms with Crippen LogP contribution in [0.1, 0.15) is 21.6 Å². The van der Waals surface area contributed by atoms with Gasteiger partial charge in [-0.3, -0.25) is 4.79 Å². The zero-order chi connectivity index (χ0) is 17.0. The molecule has 2 heterocycles. The molecule has 0 atom stereocenters. The molecule has 0 aromatic carbocycles. The molecule has 0 saturated heterocycles. The number of amides is 1. The van der Waals surface area contributed by atoms with Crippen molar-refractivity contribution in [3.8, 4) is 0 Å². The average molecular weight is 354 g/mol. The Kier molecular flexibility index (Phi) is 5.52. The first-order valence-electron chi connectivity index (χ1n) is 6.59.